The normalized spacial score (nSPS) is 14.5. The molecule has 1 fully saturated rings. The SMILES string of the molecule is O=C(NCCc1ccccn1)c1cccc(CN2CCN(c3ccccc3)CC2)c1. The zero-order valence-electron chi connectivity index (χ0n) is 17.2. The Hall–Kier alpha value is -3.18. The molecule has 2 heterocycles. The van der Waals surface area contributed by atoms with Gasteiger partial charge in [-0.1, -0.05) is 36.4 Å². The summed E-state index contributed by atoms with van der Waals surface area (Å²) in [5.74, 6) is -0.0262. The summed E-state index contributed by atoms with van der Waals surface area (Å²) >= 11 is 0. The van der Waals surface area contributed by atoms with Gasteiger partial charge in [0.15, 0.2) is 0 Å². The van der Waals surface area contributed by atoms with Crippen LogP contribution in [0.15, 0.2) is 79.0 Å². The van der Waals surface area contributed by atoms with Gasteiger partial charge in [0.2, 0.25) is 0 Å². The number of nitrogens with zero attached hydrogens (tertiary/aromatic N) is 3. The minimum Gasteiger partial charge on any atom is -0.369 e. The smallest absolute Gasteiger partial charge is 0.251 e. The van der Waals surface area contributed by atoms with Crippen LogP contribution >= 0.6 is 0 Å². The Morgan fingerprint density at radius 2 is 1.70 bits per heavy atom. The number of para-hydroxylation sites is 1. The molecule has 1 aliphatic rings. The number of carbonyl (C=O) groups excluding carboxylic acids is 1. The molecule has 4 rings (SSSR count). The molecule has 0 spiro atoms. The second-order valence-corrected chi connectivity index (χ2v) is 7.63. The molecule has 3 aromatic rings. The summed E-state index contributed by atoms with van der Waals surface area (Å²) in [5, 5.41) is 3.00. The van der Waals surface area contributed by atoms with Crippen LogP contribution < -0.4 is 10.2 Å². The van der Waals surface area contributed by atoms with Crippen molar-refractivity contribution in [3.8, 4) is 0 Å². The van der Waals surface area contributed by atoms with Crippen molar-refractivity contribution in [2.75, 3.05) is 37.6 Å². The highest BCUT2D eigenvalue weighted by molar-refractivity contribution is 5.94. The molecule has 0 radical (unpaired) electrons. The van der Waals surface area contributed by atoms with Crippen LogP contribution in [0, 0.1) is 0 Å². The lowest BCUT2D eigenvalue weighted by Gasteiger charge is -2.36. The van der Waals surface area contributed by atoms with Gasteiger partial charge in [-0.25, -0.2) is 0 Å². The number of carbonyl (C=O) groups is 1. The predicted molar refractivity (Wildman–Crippen MR) is 121 cm³/mol. The van der Waals surface area contributed by atoms with E-state index in [-0.39, 0.29) is 5.91 Å². The number of benzene rings is 2. The van der Waals surface area contributed by atoms with Crippen molar-refractivity contribution >= 4 is 11.6 Å². The van der Waals surface area contributed by atoms with E-state index in [2.05, 4.69) is 56.5 Å². The Morgan fingerprint density at radius 1 is 0.900 bits per heavy atom. The number of amides is 1. The van der Waals surface area contributed by atoms with Crippen LogP contribution in [0.25, 0.3) is 0 Å². The first kappa shape index (κ1) is 20.1. The summed E-state index contributed by atoms with van der Waals surface area (Å²) in [6.07, 6.45) is 2.51. The van der Waals surface area contributed by atoms with Crippen molar-refractivity contribution in [2.45, 2.75) is 13.0 Å². The predicted octanol–water partition coefficient (Wildman–Crippen LogP) is 3.38. The van der Waals surface area contributed by atoms with E-state index in [0.717, 1.165) is 50.4 Å². The molecule has 5 nitrogen and oxygen atoms in total. The third-order valence-corrected chi connectivity index (χ3v) is 5.48. The fourth-order valence-electron chi connectivity index (χ4n) is 3.82. The summed E-state index contributed by atoms with van der Waals surface area (Å²) in [5.41, 5.74) is 4.18. The van der Waals surface area contributed by atoms with Gasteiger partial charge in [-0.05, 0) is 42.0 Å². The number of aromatic nitrogens is 1. The van der Waals surface area contributed by atoms with Gasteiger partial charge in [0, 0.05) is 68.8 Å². The first-order valence-corrected chi connectivity index (χ1v) is 10.6. The molecule has 1 N–H and O–H groups in total. The van der Waals surface area contributed by atoms with Crippen LogP contribution in [-0.4, -0.2) is 48.5 Å². The molecule has 1 aromatic heterocycles. The lowest BCUT2D eigenvalue weighted by atomic mass is 10.1. The molecule has 1 saturated heterocycles. The van der Waals surface area contributed by atoms with Crippen LogP contribution in [0.4, 0.5) is 5.69 Å². The lowest BCUT2D eigenvalue weighted by molar-refractivity contribution is 0.0954. The molecule has 2 aromatic carbocycles. The lowest BCUT2D eigenvalue weighted by Crippen LogP contribution is -2.45. The van der Waals surface area contributed by atoms with Gasteiger partial charge in [-0.2, -0.15) is 0 Å². The van der Waals surface area contributed by atoms with Crippen molar-refractivity contribution in [3.63, 3.8) is 0 Å². The van der Waals surface area contributed by atoms with E-state index in [4.69, 9.17) is 0 Å². The molecule has 0 atom stereocenters. The Bertz CT molecular complexity index is 938. The van der Waals surface area contributed by atoms with Gasteiger partial charge < -0.3 is 10.2 Å². The van der Waals surface area contributed by atoms with Gasteiger partial charge in [-0.15, -0.1) is 0 Å². The summed E-state index contributed by atoms with van der Waals surface area (Å²) in [6, 6.07) is 24.4. The van der Waals surface area contributed by atoms with Crippen LogP contribution in [0.5, 0.6) is 0 Å². The molecule has 0 bridgehead atoms. The number of hydrogen-bond donors (Lipinski definition) is 1. The van der Waals surface area contributed by atoms with E-state index in [1.807, 2.05) is 36.4 Å². The molecule has 0 aliphatic carbocycles. The summed E-state index contributed by atoms with van der Waals surface area (Å²) in [4.78, 5) is 21.7. The summed E-state index contributed by atoms with van der Waals surface area (Å²) in [6.45, 7) is 5.55. The van der Waals surface area contributed by atoms with Crippen LogP contribution in [0.3, 0.4) is 0 Å². The summed E-state index contributed by atoms with van der Waals surface area (Å²) in [7, 11) is 0. The molecule has 0 unspecified atom stereocenters. The van der Waals surface area contributed by atoms with Crippen molar-refractivity contribution < 1.29 is 4.79 Å². The van der Waals surface area contributed by atoms with Gasteiger partial charge >= 0.3 is 0 Å². The van der Waals surface area contributed by atoms with E-state index in [0.29, 0.717) is 6.54 Å². The standard InChI is InChI=1S/C25H28N4O/c30-25(27-14-12-23-9-4-5-13-26-23)22-8-6-7-21(19-22)20-28-15-17-29(18-16-28)24-10-2-1-3-11-24/h1-11,13,19H,12,14-18,20H2,(H,27,30). The second-order valence-electron chi connectivity index (χ2n) is 7.63. The monoisotopic (exact) mass is 400 g/mol. The molecule has 1 aliphatic heterocycles. The Labute approximate surface area is 178 Å². The van der Waals surface area contributed by atoms with E-state index in [9.17, 15) is 4.79 Å². The summed E-state index contributed by atoms with van der Waals surface area (Å²) < 4.78 is 0. The Kier molecular flexibility index (Phi) is 6.72. The number of piperazine rings is 1. The number of nitrogens with one attached hydrogen (secondary N) is 1. The molecule has 0 saturated carbocycles. The zero-order valence-corrected chi connectivity index (χ0v) is 17.2. The first-order chi connectivity index (χ1) is 14.8. The quantitative estimate of drug-likeness (QED) is 0.661. The minimum atomic E-state index is -0.0262. The van der Waals surface area contributed by atoms with Gasteiger partial charge in [-0.3, -0.25) is 14.7 Å². The van der Waals surface area contributed by atoms with Gasteiger partial charge in [0.25, 0.3) is 5.91 Å². The minimum absolute atomic E-state index is 0.0262. The van der Waals surface area contributed by atoms with E-state index < -0.39 is 0 Å². The van der Waals surface area contributed by atoms with Crippen molar-refractivity contribution in [3.05, 3.63) is 95.8 Å². The topological polar surface area (TPSA) is 48.5 Å². The highest BCUT2D eigenvalue weighted by Crippen LogP contribution is 2.17. The number of rotatable bonds is 7. The van der Waals surface area contributed by atoms with E-state index >= 15 is 0 Å². The van der Waals surface area contributed by atoms with Gasteiger partial charge in [0.1, 0.15) is 0 Å². The molecule has 1 amide bonds. The van der Waals surface area contributed by atoms with E-state index in [1.54, 1.807) is 6.20 Å². The average molecular weight is 401 g/mol. The average Bonchev–Trinajstić information content (AvgIpc) is 2.81. The molecule has 30 heavy (non-hydrogen) atoms. The number of hydrogen-bond acceptors (Lipinski definition) is 4. The third kappa shape index (κ3) is 5.45. The van der Waals surface area contributed by atoms with E-state index in [1.165, 1.54) is 11.3 Å². The highest BCUT2D eigenvalue weighted by Gasteiger charge is 2.17. The molecular formula is C25H28N4O. The zero-order chi connectivity index (χ0) is 20.6. The highest BCUT2D eigenvalue weighted by atomic mass is 16.1. The fraction of sp³-hybridized carbons (Fsp3) is 0.280. The van der Waals surface area contributed by atoms with Gasteiger partial charge in [0.05, 0.1) is 0 Å². The number of anilines is 1. The molecular weight excluding hydrogens is 372 g/mol. The van der Waals surface area contributed by atoms with Crippen molar-refractivity contribution in [1.29, 1.82) is 0 Å². The Balaban J connectivity index is 1.27. The van der Waals surface area contributed by atoms with Crippen LogP contribution in [-0.2, 0) is 13.0 Å². The maximum absolute atomic E-state index is 12.5. The fourth-order valence-corrected chi connectivity index (χ4v) is 3.82. The first-order valence-electron chi connectivity index (χ1n) is 10.6. The molecule has 154 valence electrons. The maximum Gasteiger partial charge on any atom is 0.251 e. The maximum atomic E-state index is 12.5. The number of pyridine rings is 1. The third-order valence-electron chi connectivity index (χ3n) is 5.48. The van der Waals surface area contributed by atoms with Crippen molar-refractivity contribution in [2.24, 2.45) is 0 Å². The second kappa shape index (κ2) is 10.0. The Morgan fingerprint density at radius 3 is 2.47 bits per heavy atom. The van der Waals surface area contributed by atoms with Crippen LogP contribution in [0.1, 0.15) is 21.6 Å². The molecule has 5 heteroatoms. The van der Waals surface area contributed by atoms with Crippen molar-refractivity contribution in [1.82, 2.24) is 15.2 Å². The van der Waals surface area contributed by atoms with Crippen LogP contribution in [0.2, 0.25) is 0 Å². The largest absolute Gasteiger partial charge is 0.369 e.